The van der Waals surface area contributed by atoms with Crippen LogP contribution < -0.4 is 10.6 Å². The average molecular weight is 364 g/mol. The van der Waals surface area contributed by atoms with Crippen LogP contribution in [0, 0.1) is 0 Å². The van der Waals surface area contributed by atoms with Crippen LogP contribution in [0.4, 0.5) is 5.82 Å². The molecule has 2 N–H and O–H groups in total. The van der Waals surface area contributed by atoms with Crippen molar-refractivity contribution in [3.8, 4) is 11.3 Å². The molecule has 126 valence electrons. The third-order valence-corrected chi connectivity index (χ3v) is 5.69. The fourth-order valence-corrected chi connectivity index (χ4v) is 4.48. The molecule has 2 aromatic heterocycles. The van der Waals surface area contributed by atoms with Crippen molar-refractivity contribution in [1.82, 2.24) is 20.1 Å². The topological polar surface area (TPSA) is 54.8 Å². The van der Waals surface area contributed by atoms with Gasteiger partial charge >= 0.3 is 0 Å². The van der Waals surface area contributed by atoms with Crippen LogP contribution in [0.25, 0.3) is 16.3 Å². The average Bonchev–Trinajstić information content (AvgIpc) is 3.27. The van der Waals surface area contributed by atoms with Crippen molar-refractivity contribution >= 4 is 34.1 Å². The van der Waals surface area contributed by atoms with Crippen molar-refractivity contribution in [2.24, 2.45) is 0 Å². The van der Waals surface area contributed by atoms with Crippen molar-refractivity contribution in [3.63, 3.8) is 0 Å². The molecular formula is C17H19Cl2N5. The molecule has 0 aliphatic carbocycles. The molecule has 24 heavy (non-hydrogen) atoms. The van der Waals surface area contributed by atoms with Crippen LogP contribution in [-0.2, 0) is 12.0 Å². The lowest BCUT2D eigenvalue weighted by Crippen LogP contribution is -2.26. The molecule has 1 saturated heterocycles. The number of aromatic nitrogens is 3. The zero-order valence-corrected chi connectivity index (χ0v) is 15.0. The maximum Gasteiger partial charge on any atom is 0.134 e. The summed E-state index contributed by atoms with van der Waals surface area (Å²) in [7, 11) is 1.81. The minimum absolute atomic E-state index is 0.125. The third kappa shape index (κ3) is 2.26. The molecule has 2 aliphatic heterocycles. The van der Waals surface area contributed by atoms with Crippen LogP contribution in [0.1, 0.15) is 24.1 Å². The van der Waals surface area contributed by atoms with E-state index in [0.29, 0.717) is 10.9 Å². The van der Waals surface area contributed by atoms with E-state index in [2.05, 4.69) is 26.9 Å². The smallest absolute Gasteiger partial charge is 0.134 e. The molecular weight excluding hydrogens is 345 g/mol. The zero-order chi connectivity index (χ0) is 16.9. The lowest BCUT2D eigenvalue weighted by molar-refractivity contribution is 0.467. The van der Waals surface area contributed by atoms with Crippen molar-refractivity contribution in [2.75, 3.05) is 25.5 Å². The Kier molecular flexibility index (Phi) is 3.82. The summed E-state index contributed by atoms with van der Waals surface area (Å²) in [5.74, 6) is 0.693. The summed E-state index contributed by atoms with van der Waals surface area (Å²) in [6.45, 7) is 6.73. The van der Waals surface area contributed by atoms with Gasteiger partial charge in [0.25, 0.3) is 0 Å². The number of nitrogens with one attached hydrogen (secondary N) is 2. The molecule has 2 aliphatic rings. The maximum atomic E-state index is 6.77. The Morgan fingerprint density at radius 1 is 1.46 bits per heavy atom. The highest BCUT2D eigenvalue weighted by atomic mass is 35.5. The van der Waals surface area contributed by atoms with Gasteiger partial charge in [-0.15, -0.1) is 0 Å². The molecule has 0 aromatic carbocycles. The highest BCUT2D eigenvalue weighted by Crippen LogP contribution is 2.46. The second-order valence-corrected chi connectivity index (χ2v) is 7.30. The van der Waals surface area contributed by atoms with Gasteiger partial charge in [-0.3, -0.25) is 4.68 Å². The minimum atomic E-state index is 0.125. The van der Waals surface area contributed by atoms with Gasteiger partial charge in [0.05, 0.1) is 10.7 Å². The van der Waals surface area contributed by atoms with Crippen LogP contribution in [0.3, 0.4) is 0 Å². The predicted molar refractivity (Wildman–Crippen MR) is 98.7 cm³/mol. The minimum Gasteiger partial charge on any atom is -0.373 e. The summed E-state index contributed by atoms with van der Waals surface area (Å²) >= 11 is 12.9. The van der Waals surface area contributed by atoms with Gasteiger partial charge in [-0.2, -0.15) is 5.10 Å². The molecule has 4 heterocycles. The Bertz CT molecular complexity index is 821. The molecule has 2 aromatic rings. The summed E-state index contributed by atoms with van der Waals surface area (Å²) in [5.41, 5.74) is 3.68. The van der Waals surface area contributed by atoms with Crippen LogP contribution in [-0.4, -0.2) is 34.9 Å². The number of hydrogen-bond acceptors (Lipinski definition) is 4. The van der Waals surface area contributed by atoms with E-state index in [1.807, 2.05) is 6.07 Å². The molecule has 0 bridgehead atoms. The summed E-state index contributed by atoms with van der Waals surface area (Å²) in [5, 5.41) is 12.4. The van der Waals surface area contributed by atoms with Gasteiger partial charge in [0.15, 0.2) is 0 Å². The largest absolute Gasteiger partial charge is 0.373 e. The molecule has 5 nitrogen and oxygen atoms in total. The number of hydrogen-bond donors (Lipinski definition) is 2. The highest BCUT2D eigenvalue weighted by Gasteiger charge is 2.45. The quantitative estimate of drug-likeness (QED) is 0.876. The molecule has 1 unspecified atom stereocenters. The van der Waals surface area contributed by atoms with Crippen molar-refractivity contribution in [3.05, 3.63) is 35.1 Å². The van der Waals surface area contributed by atoms with Crippen LogP contribution in [0.2, 0.25) is 5.02 Å². The van der Waals surface area contributed by atoms with E-state index in [-0.39, 0.29) is 5.41 Å². The van der Waals surface area contributed by atoms with Crippen LogP contribution in [0.15, 0.2) is 18.8 Å². The monoisotopic (exact) mass is 363 g/mol. The van der Waals surface area contributed by atoms with E-state index < -0.39 is 0 Å². The second kappa shape index (κ2) is 5.76. The SMILES string of the molecule is C=C(Cl)c1cc(-c2nn3c(c2Cl)C2(CCNC2)CC3)cnc1NC. The highest BCUT2D eigenvalue weighted by molar-refractivity contribution is 6.48. The van der Waals surface area contributed by atoms with Crippen LogP contribution in [0.5, 0.6) is 0 Å². The predicted octanol–water partition coefficient (Wildman–Crippen LogP) is 3.48. The number of aryl methyl sites for hydroxylation is 1. The second-order valence-electron chi connectivity index (χ2n) is 6.47. The summed E-state index contributed by atoms with van der Waals surface area (Å²) < 4.78 is 2.06. The Morgan fingerprint density at radius 2 is 2.29 bits per heavy atom. The Hall–Kier alpha value is -1.56. The molecule has 0 radical (unpaired) electrons. The van der Waals surface area contributed by atoms with Crippen molar-refractivity contribution < 1.29 is 0 Å². The first-order chi connectivity index (χ1) is 11.6. The lowest BCUT2D eigenvalue weighted by Gasteiger charge is -2.21. The number of anilines is 1. The standard InChI is InChI=1S/C17H19Cl2N5/c1-10(18)12-7-11(8-22-16(12)20-2)14-13(19)15-17(3-5-21-9-17)4-6-24(15)23-14/h7-8,21H,1,3-6,9H2,2H3,(H,20,22). The summed E-state index contributed by atoms with van der Waals surface area (Å²) in [4.78, 5) is 4.43. The van der Waals surface area contributed by atoms with E-state index in [1.54, 1.807) is 13.2 Å². The number of fused-ring (bicyclic) bond motifs is 2. The molecule has 1 spiro atoms. The summed E-state index contributed by atoms with van der Waals surface area (Å²) in [6.07, 6.45) is 3.99. The van der Waals surface area contributed by atoms with E-state index in [4.69, 9.17) is 28.3 Å². The maximum absolute atomic E-state index is 6.77. The van der Waals surface area contributed by atoms with Gasteiger partial charge in [0, 0.05) is 47.9 Å². The molecule has 1 fully saturated rings. The van der Waals surface area contributed by atoms with Crippen LogP contribution >= 0.6 is 23.2 Å². The van der Waals surface area contributed by atoms with Gasteiger partial charge in [-0.1, -0.05) is 29.8 Å². The molecule has 0 saturated carbocycles. The third-order valence-electron chi connectivity index (χ3n) is 5.13. The van der Waals surface area contributed by atoms with Gasteiger partial charge in [-0.05, 0) is 25.5 Å². The van der Waals surface area contributed by atoms with Crippen molar-refractivity contribution in [2.45, 2.75) is 24.8 Å². The van der Waals surface area contributed by atoms with E-state index in [1.165, 1.54) is 0 Å². The van der Waals surface area contributed by atoms with Crippen molar-refractivity contribution in [1.29, 1.82) is 0 Å². The number of rotatable bonds is 3. The molecule has 7 heteroatoms. The zero-order valence-electron chi connectivity index (χ0n) is 13.5. The van der Waals surface area contributed by atoms with Gasteiger partial charge in [0.2, 0.25) is 0 Å². The van der Waals surface area contributed by atoms with E-state index in [0.717, 1.165) is 60.0 Å². The molecule has 4 rings (SSSR count). The number of pyridine rings is 1. The number of halogens is 2. The fraction of sp³-hybridized carbons (Fsp3) is 0.412. The Morgan fingerprint density at radius 3 is 2.96 bits per heavy atom. The fourth-order valence-electron chi connectivity index (χ4n) is 3.89. The summed E-state index contributed by atoms with van der Waals surface area (Å²) in [6, 6.07) is 1.94. The first-order valence-corrected chi connectivity index (χ1v) is 8.82. The van der Waals surface area contributed by atoms with E-state index >= 15 is 0 Å². The van der Waals surface area contributed by atoms with Gasteiger partial charge in [-0.25, -0.2) is 4.98 Å². The van der Waals surface area contributed by atoms with Gasteiger partial charge in [0.1, 0.15) is 11.5 Å². The first kappa shape index (κ1) is 15.9. The van der Waals surface area contributed by atoms with Gasteiger partial charge < -0.3 is 10.6 Å². The molecule has 0 amide bonds. The Balaban J connectivity index is 1.82. The number of nitrogens with zero attached hydrogens (tertiary/aromatic N) is 3. The molecule has 1 atom stereocenters. The Labute approximate surface area is 151 Å². The lowest BCUT2D eigenvalue weighted by atomic mass is 9.82. The van der Waals surface area contributed by atoms with E-state index in [9.17, 15) is 0 Å². The first-order valence-electron chi connectivity index (χ1n) is 8.06. The normalized spacial score (nSPS) is 22.1.